The molecule has 0 aliphatic rings. The second-order valence-electron chi connectivity index (χ2n) is 13.1. The van der Waals surface area contributed by atoms with Crippen LogP contribution in [0.3, 0.4) is 0 Å². The number of benzene rings is 6. The van der Waals surface area contributed by atoms with Crippen molar-refractivity contribution in [3.05, 3.63) is 156 Å². The molecule has 0 aliphatic heterocycles. The van der Waals surface area contributed by atoms with Crippen LogP contribution < -0.4 is 24.8 Å². The average molecular weight is 773 g/mol. The van der Waals surface area contributed by atoms with Crippen molar-refractivity contribution in [1.29, 1.82) is 0 Å². The van der Waals surface area contributed by atoms with E-state index >= 15 is 0 Å². The van der Waals surface area contributed by atoms with Crippen LogP contribution in [0.5, 0.6) is 0 Å². The summed E-state index contributed by atoms with van der Waals surface area (Å²) in [5, 5.41) is 10.7. The van der Waals surface area contributed by atoms with Crippen LogP contribution in [0.1, 0.15) is 36.5 Å². The van der Waals surface area contributed by atoms with Crippen molar-refractivity contribution >= 4 is 48.5 Å². The van der Waals surface area contributed by atoms with Crippen molar-refractivity contribution < 1.29 is 48.1 Å². The number of fused-ring (bicyclic) bond motifs is 4. The van der Waals surface area contributed by atoms with Gasteiger partial charge in [0.15, 0.2) is 0 Å². The monoisotopic (exact) mass is 770 g/mol. The molecule has 0 radical (unpaired) electrons. The molecule has 0 aromatic heterocycles. The van der Waals surface area contributed by atoms with Gasteiger partial charge in [-0.2, -0.15) is 12.1 Å². The van der Waals surface area contributed by atoms with E-state index in [1.807, 2.05) is 0 Å². The Hall–Kier alpha value is -3.26. The van der Waals surface area contributed by atoms with Gasteiger partial charge in [-0.25, -0.2) is 0 Å². The van der Waals surface area contributed by atoms with E-state index in [-0.39, 0.29) is 30.2 Å². The van der Waals surface area contributed by atoms with Crippen molar-refractivity contribution in [2.24, 2.45) is 0 Å². The zero-order chi connectivity index (χ0) is 33.1. The van der Waals surface area contributed by atoms with Crippen LogP contribution in [-0.2, 0) is 23.3 Å². The first-order valence-corrected chi connectivity index (χ1v) is 22.7. The molecule has 0 fully saturated rings. The van der Waals surface area contributed by atoms with Crippen molar-refractivity contribution in [2.45, 2.75) is 46.7 Å². The van der Waals surface area contributed by atoms with E-state index in [1.54, 1.807) is 23.3 Å². The SMILES string of the molecule is CC(C)c1cc2c(-c3ccc4ccccc4c3)cccc2[cH-]1.C[Si](C)=[Zr+2].Cc1cc2c(-c3cccc4ccccc34)ccc(C)c2[cH-]1.[Cl-].[Cl-]. The summed E-state index contributed by atoms with van der Waals surface area (Å²) in [5.41, 5.74) is 9.60. The largest absolute Gasteiger partial charge is 1.00 e. The molecule has 0 N–H and O–H groups in total. The fourth-order valence-corrected chi connectivity index (χ4v) is 6.48. The van der Waals surface area contributed by atoms with Crippen LogP contribution in [0.2, 0.25) is 13.1 Å². The maximum Gasteiger partial charge on any atom is -0.0114 e. The molecule has 8 aromatic rings. The molecule has 0 unspecified atom stereocenters. The Morgan fingerprint density at radius 1 is 0.551 bits per heavy atom. The molecule has 8 aromatic carbocycles. The predicted molar refractivity (Wildman–Crippen MR) is 206 cm³/mol. The Bertz CT molecular complexity index is 2350. The third-order valence-electron chi connectivity index (χ3n) is 8.83. The molecule has 0 bridgehead atoms. The minimum absolute atomic E-state index is 0. The molecule has 0 atom stereocenters. The van der Waals surface area contributed by atoms with Gasteiger partial charge in [-0.15, -0.1) is 68.6 Å². The summed E-state index contributed by atoms with van der Waals surface area (Å²) in [6, 6.07) is 50.9. The molecule has 8 rings (SSSR count). The Kier molecular flexibility index (Phi) is 13.5. The Morgan fingerprint density at radius 3 is 1.90 bits per heavy atom. The van der Waals surface area contributed by atoms with Gasteiger partial charge in [0.1, 0.15) is 0 Å². The minimum Gasteiger partial charge on any atom is -1.00 e. The topological polar surface area (TPSA) is 0 Å². The molecule has 4 heteroatoms. The first kappa shape index (κ1) is 38.5. The normalized spacial score (nSPS) is 10.6. The molecule has 246 valence electrons. The van der Waals surface area contributed by atoms with E-state index in [2.05, 4.69) is 180 Å². The Labute approximate surface area is 319 Å². The van der Waals surface area contributed by atoms with Gasteiger partial charge in [0.2, 0.25) is 0 Å². The van der Waals surface area contributed by atoms with Crippen LogP contribution in [0.25, 0.3) is 65.3 Å². The van der Waals surface area contributed by atoms with Crippen LogP contribution in [0.4, 0.5) is 0 Å². The Balaban J connectivity index is 0.000000192. The zero-order valence-electron chi connectivity index (χ0n) is 29.1. The minimum atomic E-state index is 0. The first-order valence-electron chi connectivity index (χ1n) is 16.5. The second kappa shape index (κ2) is 17.1. The Morgan fingerprint density at radius 2 is 1.16 bits per heavy atom. The molecule has 0 heterocycles. The summed E-state index contributed by atoms with van der Waals surface area (Å²) in [6.45, 7) is 13.5. The second-order valence-corrected chi connectivity index (χ2v) is 22.5. The maximum atomic E-state index is 2.35. The number of rotatable bonds is 3. The molecular formula is C45H42Cl2SiZr-2. The standard InChI is InChI=1S/C22H19.C21H17.C2H6Si.2ClH.Zr/c1-15(2)20-13-18-8-5-9-21(22(18)14-20)19-11-10-16-6-3-4-7-17(16)12-19;1-14-12-20-15(2)10-11-19(21(20)13-14)18-9-5-7-16-6-3-4-8-17(16)18;1-3-2;;;/h3-15H,1-2H3;3-13H,1-2H3;1-2H3;2*1H;/q2*-1;;;;+2/p-2. The van der Waals surface area contributed by atoms with Gasteiger partial charge in [0, 0.05) is 0 Å². The van der Waals surface area contributed by atoms with Crippen molar-refractivity contribution in [2.75, 3.05) is 0 Å². The van der Waals surface area contributed by atoms with Crippen LogP contribution in [-0.4, -0.2) is 5.43 Å². The quantitative estimate of drug-likeness (QED) is 0.131. The molecule has 0 amide bonds. The number of hydrogen-bond acceptors (Lipinski definition) is 0. The predicted octanol–water partition coefficient (Wildman–Crippen LogP) is 7.29. The van der Waals surface area contributed by atoms with E-state index in [9.17, 15) is 0 Å². The fraction of sp³-hybridized carbons (Fsp3) is 0.156. The van der Waals surface area contributed by atoms with Crippen LogP contribution >= 0.6 is 0 Å². The fourth-order valence-electron chi connectivity index (χ4n) is 6.48. The molecular weight excluding hydrogens is 731 g/mol. The molecule has 0 aliphatic carbocycles. The van der Waals surface area contributed by atoms with Gasteiger partial charge in [-0.1, -0.05) is 130 Å². The summed E-state index contributed by atoms with van der Waals surface area (Å²) < 4.78 is 0. The molecule has 0 saturated heterocycles. The van der Waals surface area contributed by atoms with Crippen molar-refractivity contribution in [1.82, 2.24) is 0 Å². The van der Waals surface area contributed by atoms with Crippen molar-refractivity contribution in [3.8, 4) is 22.3 Å². The summed E-state index contributed by atoms with van der Waals surface area (Å²) >= 11 is 1.74. The molecule has 0 nitrogen and oxygen atoms in total. The summed E-state index contributed by atoms with van der Waals surface area (Å²) in [6.07, 6.45) is 0. The third-order valence-corrected chi connectivity index (χ3v) is 8.83. The van der Waals surface area contributed by atoms with Gasteiger partial charge >= 0.3 is 41.9 Å². The van der Waals surface area contributed by atoms with Gasteiger partial charge in [0.05, 0.1) is 0 Å². The third kappa shape index (κ3) is 8.73. The van der Waals surface area contributed by atoms with Gasteiger partial charge < -0.3 is 24.8 Å². The van der Waals surface area contributed by atoms with Crippen LogP contribution in [0.15, 0.2) is 140 Å². The average Bonchev–Trinajstić information content (AvgIpc) is 3.69. The summed E-state index contributed by atoms with van der Waals surface area (Å²) in [4.78, 5) is 0. The van der Waals surface area contributed by atoms with E-state index in [0.717, 1.165) is 0 Å². The van der Waals surface area contributed by atoms with E-state index in [1.165, 1.54) is 82.0 Å². The van der Waals surface area contributed by atoms with Gasteiger partial charge in [-0.05, 0) is 44.7 Å². The first-order chi connectivity index (χ1) is 22.7. The number of hydrogen-bond donors (Lipinski definition) is 0. The zero-order valence-corrected chi connectivity index (χ0v) is 34.1. The number of aryl methyl sites for hydroxylation is 2. The van der Waals surface area contributed by atoms with Gasteiger partial charge in [-0.3, -0.25) is 0 Å². The van der Waals surface area contributed by atoms with E-state index < -0.39 is 0 Å². The van der Waals surface area contributed by atoms with Crippen molar-refractivity contribution in [3.63, 3.8) is 0 Å². The van der Waals surface area contributed by atoms with Gasteiger partial charge in [0.25, 0.3) is 0 Å². The molecule has 0 saturated carbocycles. The van der Waals surface area contributed by atoms with E-state index in [4.69, 9.17) is 0 Å². The number of halogens is 2. The maximum absolute atomic E-state index is 2.35. The molecule has 49 heavy (non-hydrogen) atoms. The summed E-state index contributed by atoms with van der Waals surface area (Å²) in [7, 11) is 0. The smallest absolute Gasteiger partial charge is 0.0114 e. The summed E-state index contributed by atoms with van der Waals surface area (Å²) in [5.74, 6) is 0.567. The molecule has 0 spiro atoms. The van der Waals surface area contributed by atoms with Crippen LogP contribution in [0, 0.1) is 13.8 Å². The van der Waals surface area contributed by atoms with E-state index in [0.29, 0.717) is 5.92 Å².